The van der Waals surface area contributed by atoms with E-state index in [1.807, 2.05) is 30.3 Å². The van der Waals surface area contributed by atoms with E-state index >= 15 is 0 Å². The Morgan fingerprint density at radius 3 is 2.70 bits per heavy atom. The van der Waals surface area contributed by atoms with E-state index in [-0.39, 0.29) is 5.91 Å². The van der Waals surface area contributed by atoms with Crippen LogP contribution in [0.1, 0.15) is 10.4 Å². The van der Waals surface area contributed by atoms with E-state index in [9.17, 15) is 4.79 Å². The van der Waals surface area contributed by atoms with Crippen LogP contribution in [-0.4, -0.2) is 20.7 Å². The minimum atomic E-state index is -0.0200. The second-order valence-corrected chi connectivity index (χ2v) is 4.58. The molecule has 0 atom stereocenters. The number of nitrogens with two attached hydrogens (primary N) is 1. The quantitative estimate of drug-likeness (QED) is 0.714. The van der Waals surface area contributed by atoms with Gasteiger partial charge in [0.2, 0.25) is 5.91 Å². The highest BCUT2D eigenvalue weighted by Crippen LogP contribution is 2.17. The van der Waals surface area contributed by atoms with Crippen LogP contribution in [0, 0.1) is 0 Å². The van der Waals surface area contributed by atoms with Crippen LogP contribution in [0.3, 0.4) is 0 Å². The molecule has 0 unspecified atom stereocenters. The summed E-state index contributed by atoms with van der Waals surface area (Å²) >= 11 is 0. The number of H-pyrrole nitrogens is 1. The van der Waals surface area contributed by atoms with E-state index < -0.39 is 0 Å². The number of nitrogen functional groups attached to an aromatic ring is 1. The fourth-order valence-corrected chi connectivity index (χ4v) is 2.02. The Labute approximate surface area is 116 Å². The molecular formula is C15H14N4O. The first-order valence-electron chi connectivity index (χ1n) is 6.28. The average Bonchev–Trinajstić information content (AvgIpc) is 2.38. The summed E-state index contributed by atoms with van der Waals surface area (Å²) in [5.74, 6) is -0.0200. The molecule has 0 saturated carbocycles. The monoisotopic (exact) mass is 266 g/mol. The lowest BCUT2D eigenvalue weighted by molar-refractivity contribution is 0.0891. The Bertz CT molecular complexity index is 715. The molecule has 100 valence electrons. The Morgan fingerprint density at radius 2 is 2.00 bits per heavy atom. The molecule has 0 spiro atoms. The van der Waals surface area contributed by atoms with E-state index in [0.29, 0.717) is 12.1 Å². The van der Waals surface area contributed by atoms with Gasteiger partial charge in [0, 0.05) is 23.6 Å². The highest BCUT2D eigenvalue weighted by molar-refractivity contribution is 5.82. The Balaban J connectivity index is 1.70. The molecule has 5 heteroatoms. The number of hydrogen-bond acceptors (Lipinski definition) is 3. The van der Waals surface area contributed by atoms with Gasteiger partial charge in [-0.05, 0) is 29.8 Å². The Hall–Kier alpha value is -2.82. The number of hydrogen-bond donors (Lipinski definition) is 2. The second kappa shape index (κ2) is 5.05. The SMILES string of the molecule is Nc1cccc(CC(=O)n2cc(-c3ccncc3)[nH]2)c1. The van der Waals surface area contributed by atoms with Crippen molar-refractivity contribution in [3.05, 3.63) is 60.6 Å². The number of rotatable bonds is 3. The zero-order valence-corrected chi connectivity index (χ0v) is 10.8. The summed E-state index contributed by atoms with van der Waals surface area (Å²) in [5.41, 5.74) is 9.19. The lowest BCUT2D eigenvalue weighted by atomic mass is 10.1. The van der Waals surface area contributed by atoms with Gasteiger partial charge in [-0.25, -0.2) is 4.68 Å². The van der Waals surface area contributed by atoms with Crippen molar-refractivity contribution in [3.8, 4) is 11.3 Å². The van der Waals surface area contributed by atoms with Crippen LogP contribution >= 0.6 is 0 Å². The number of pyridine rings is 1. The van der Waals surface area contributed by atoms with Crippen LogP contribution in [-0.2, 0) is 6.42 Å². The Kier molecular flexibility index (Phi) is 3.09. The Morgan fingerprint density at radius 1 is 1.25 bits per heavy atom. The topological polar surface area (TPSA) is 76.7 Å². The lowest BCUT2D eigenvalue weighted by Crippen LogP contribution is -2.21. The number of carbonyl (C=O) groups excluding carboxylic acids is 1. The number of aromatic amines is 1. The molecule has 0 amide bonds. The van der Waals surface area contributed by atoms with Gasteiger partial charge in [0.1, 0.15) is 0 Å². The van der Waals surface area contributed by atoms with Crippen LogP contribution < -0.4 is 5.73 Å². The predicted molar refractivity (Wildman–Crippen MR) is 77.2 cm³/mol. The van der Waals surface area contributed by atoms with Gasteiger partial charge >= 0.3 is 0 Å². The van der Waals surface area contributed by atoms with E-state index in [0.717, 1.165) is 16.8 Å². The fourth-order valence-electron chi connectivity index (χ4n) is 2.02. The normalized spacial score (nSPS) is 10.6. The standard InChI is InChI=1S/C15H14N4O/c16-13-3-1-2-11(8-13)9-15(20)19-10-14(18-19)12-4-6-17-7-5-12/h1-8,10,18H,9,16H2. The van der Waals surface area contributed by atoms with Gasteiger partial charge in [0.25, 0.3) is 0 Å². The molecule has 0 saturated heterocycles. The number of carbonyl (C=O) groups is 1. The lowest BCUT2D eigenvalue weighted by Gasteiger charge is -2.14. The predicted octanol–water partition coefficient (Wildman–Crippen LogP) is 2.34. The molecule has 2 heterocycles. The molecule has 1 aromatic carbocycles. The van der Waals surface area contributed by atoms with Crippen molar-refractivity contribution >= 4 is 11.6 Å². The molecule has 0 radical (unpaired) electrons. The van der Waals surface area contributed by atoms with E-state index in [1.165, 1.54) is 4.68 Å². The molecule has 0 aliphatic rings. The molecule has 3 N–H and O–H groups in total. The van der Waals surface area contributed by atoms with Crippen molar-refractivity contribution < 1.29 is 4.79 Å². The van der Waals surface area contributed by atoms with Crippen LogP contribution in [0.5, 0.6) is 0 Å². The third kappa shape index (κ3) is 2.47. The first-order chi connectivity index (χ1) is 9.72. The van der Waals surface area contributed by atoms with Crippen molar-refractivity contribution in [2.45, 2.75) is 6.42 Å². The first-order valence-corrected chi connectivity index (χ1v) is 6.28. The maximum atomic E-state index is 12.0. The highest BCUT2D eigenvalue weighted by atomic mass is 16.2. The minimum Gasteiger partial charge on any atom is -0.399 e. The summed E-state index contributed by atoms with van der Waals surface area (Å²) < 4.78 is 1.49. The number of anilines is 1. The van der Waals surface area contributed by atoms with Gasteiger partial charge < -0.3 is 5.73 Å². The van der Waals surface area contributed by atoms with Crippen LogP contribution in [0.2, 0.25) is 0 Å². The van der Waals surface area contributed by atoms with Crippen molar-refractivity contribution in [1.82, 2.24) is 14.8 Å². The molecule has 0 aliphatic heterocycles. The minimum absolute atomic E-state index is 0.0200. The second-order valence-electron chi connectivity index (χ2n) is 4.58. The van der Waals surface area contributed by atoms with E-state index in [1.54, 1.807) is 24.7 Å². The van der Waals surface area contributed by atoms with Crippen molar-refractivity contribution in [1.29, 1.82) is 0 Å². The molecule has 3 rings (SSSR count). The van der Waals surface area contributed by atoms with Gasteiger partial charge in [-0.3, -0.25) is 14.9 Å². The van der Waals surface area contributed by atoms with Crippen molar-refractivity contribution in [2.24, 2.45) is 0 Å². The molecular weight excluding hydrogens is 252 g/mol. The summed E-state index contributed by atoms with van der Waals surface area (Å²) in [5, 5.41) is 3.02. The summed E-state index contributed by atoms with van der Waals surface area (Å²) in [6.45, 7) is 0. The summed E-state index contributed by atoms with van der Waals surface area (Å²) in [6.07, 6.45) is 5.53. The largest absolute Gasteiger partial charge is 0.399 e. The molecule has 20 heavy (non-hydrogen) atoms. The fraction of sp³-hybridized carbons (Fsp3) is 0.0667. The zero-order valence-electron chi connectivity index (χ0n) is 10.8. The van der Waals surface area contributed by atoms with Crippen molar-refractivity contribution in [2.75, 3.05) is 5.73 Å². The highest BCUT2D eigenvalue weighted by Gasteiger charge is 2.11. The average molecular weight is 266 g/mol. The number of nitrogens with one attached hydrogen (secondary N) is 1. The summed E-state index contributed by atoms with van der Waals surface area (Å²) in [6, 6.07) is 11.1. The maximum absolute atomic E-state index is 12.0. The summed E-state index contributed by atoms with van der Waals surface area (Å²) in [7, 11) is 0. The zero-order chi connectivity index (χ0) is 13.9. The van der Waals surface area contributed by atoms with Crippen LogP contribution in [0.25, 0.3) is 11.3 Å². The van der Waals surface area contributed by atoms with Crippen molar-refractivity contribution in [3.63, 3.8) is 0 Å². The van der Waals surface area contributed by atoms with E-state index in [2.05, 4.69) is 10.1 Å². The molecule has 0 fully saturated rings. The summed E-state index contributed by atoms with van der Waals surface area (Å²) in [4.78, 5) is 16.0. The number of nitrogens with zero attached hydrogens (tertiary/aromatic N) is 2. The smallest absolute Gasteiger partial charge is 0.249 e. The molecule has 0 bridgehead atoms. The number of benzene rings is 1. The first kappa shape index (κ1) is 12.2. The molecule has 5 nitrogen and oxygen atoms in total. The van der Waals surface area contributed by atoms with Gasteiger partial charge in [0.15, 0.2) is 0 Å². The van der Waals surface area contributed by atoms with Gasteiger partial charge in [-0.1, -0.05) is 12.1 Å². The van der Waals surface area contributed by atoms with Crippen LogP contribution in [0.4, 0.5) is 5.69 Å². The molecule has 3 aromatic rings. The third-order valence-corrected chi connectivity index (χ3v) is 3.07. The van der Waals surface area contributed by atoms with Gasteiger partial charge in [0.05, 0.1) is 18.3 Å². The van der Waals surface area contributed by atoms with Gasteiger partial charge in [-0.15, -0.1) is 0 Å². The molecule has 2 aromatic heterocycles. The molecule has 0 aliphatic carbocycles. The van der Waals surface area contributed by atoms with Gasteiger partial charge in [-0.2, -0.15) is 0 Å². The van der Waals surface area contributed by atoms with Crippen LogP contribution in [0.15, 0.2) is 55.0 Å². The number of aromatic nitrogens is 3. The maximum Gasteiger partial charge on any atom is 0.249 e. The van der Waals surface area contributed by atoms with E-state index in [4.69, 9.17) is 5.73 Å². The third-order valence-electron chi connectivity index (χ3n) is 3.07.